The molecule has 0 fully saturated rings. The molecule has 0 unspecified atom stereocenters. The predicted octanol–water partition coefficient (Wildman–Crippen LogP) is 6.89. The molecule has 0 saturated carbocycles. The van der Waals surface area contributed by atoms with Crippen LogP contribution in [0, 0.1) is 13.8 Å². The number of hydrogen-bond donors (Lipinski definition) is 0. The van der Waals surface area contributed by atoms with E-state index in [2.05, 4.69) is 71.9 Å². The zero-order valence-corrected chi connectivity index (χ0v) is 15.7. The molecule has 3 aromatic rings. The highest BCUT2D eigenvalue weighted by molar-refractivity contribution is 5.88. The summed E-state index contributed by atoms with van der Waals surface area (Å²) in [6.07, 6.45) is 2.87. The molecule has 1 heterocycles. The molecule has 0 N–H and O–H groups in total. The van der Waals surface area contributed by atoms with Crippen LogP contribution in [0.3, 0.4) is 0 Å². The molecule has 0 bridgehead atoms. The Bertz CT molecular complexity index is 848. The van der Waals surface area contributed by atoms with E-state index in [0.717, 1.165) is 12.0 Å². The molecule has 3 rings (SSSR count). The summed E-state index contributed by atoms with van der Waals surface area (Å²) in [4.78, 5) is 0. The van der Waals surface area contributed by atoms with Crippen LogP contribution in [0.1, 0.15) is 72.9 Å². The Hall–Kier alpha value is -2.02. The number of aryl methyl sites for hydroxylation is 2. The van der Waals surface area contributed by atoms with Crippen LogP contribution in [-0.4, -0.2) is 0 Å². The standard InChI is InChI=1S/C23H28O/c1-14(2)19-9-7-18(8-10-19)12-20-16(5)11-17(6)22-21(15(3)4)13-24-23(20)22/h7-11,13-15H,12H2,1-6H3. The Balaban J connectivity index is 2.06. The zero-order valence-electron chi connectivity index (χ0n) is 15.7. The highest BCUT2D eigenvalue weighted by Gasteiger charge is 2.17. The van der Waals surface area contributed by atoms with Gasteiger partial charge in [-0.25, -0.2) is 0 Å². The van der Waals surface area contributed by atoms with Crippen molar-refractivity contribution >= 4 is 11.0 Å². The minimum Gasteiger partial charge on any atom is -0.464 e. The summed E-state index contributed by atoms with van der Waals surface area (Å²) >= 11 is 0. The molecule has 24 heavy (non-hydrogen) atoms. The van der Waals surface area contributed by atoms with Crippen LogP contribution >= 0.6 is 0 Å². The lowest BCUT2D eigenvalue weighted by atomic mass is 9.92. The molecule has 0 radical (unpaired) electrons. The highest BCUT2D eigenvalue weighted by Crippen LogP contribution is 2.35. The van der Waals surface area contributed by atoms with E-state index in [-0.39, 0.29) is 0 Å². The van der Waals surface area contributed by atoms with Gasteiger partial charge in [0.15, 0.2) is 0 Å². The lowest BCUT2D eigenvalue weighted by Gasteiger charge is -2.12. The van der Waals surface area contributed by atoms with Crippen molar-refractivity contribution in [1.82, 2.24) is 0 Å². The van der Waals surface area contributed by atoms with Crippen LogP contribution in [0.4, 0.5) is 0 Å². The third-order valence-corrected chi connectivity index (χ3v) is 5.05. The van der Waals surface area contributed by atoms with Crippen LogP contribution < -0.4 is 0 Å². The normalized spacial score (nSPS) is 11.8. The van der Waals surface area contributed by atoms with E-state index in [1.807, 2.05) is 6.26 Å². The number of furan rings is 1. The molecule has 0 aliphatic rings. The maximum Gasteiger partial charge on any atom is 0.138 e. The van der Waals surface area contributed by atoms with E-state index in [1.165, 1.54) is 38.8 Å². The summed E-state index contributed by atoms with van der Waals surface area (Å²) in [6, 6.07) is 11.3. The first-order valence-electron chi connectivity index (χ1n) is 8.97. The fourth-order valence-electron chi connectivity index (χ4n) is 3.53. The van der Waals surface area contributed by atoms with Crippen molar-refractivity contribution in [3.8, 4) is 0 Å². The number of benzene rings is 2. The van der Waals surface area contributed by atoms with Crippen molar-refractivity contribution in [2.45, 2.75) is 59.8 Å². The van der Waals surface area contributed by atoms with E-state index in [0.29, 0.717) is 11.8 Å². The Kier molecular flexibility index (Phi) is 4.54. The molecule has 0 aliphatic carbocycles. The van der Waals surface area contributed by atoms with Gasteiger partial charge in [0.25, 0.3) is 0 Å². The number of fused-ring (bicyclic) bond motifs is 1. The number of rotatable bonds is 4. The first-order chi connectivity index (χ1) is 11.4. The molecule has 1 nitrogen and oxygen atoms in total. The van der Waals surface area contributed by atoms with Crippen molar-refractivity contribution in [2.24, 2.45) is 0 Å². The van der Waals surface area contributed by atoms with Gasteiger partial charge in [0.05, 0.1) is 6.26 Å². The van der Waals surface area contributed by atoms with Gasteiger partial charge in [-0.2, -0.15) is 0 Å². The van der Waals surface area contributed by atoms with Crippen LogP contribution in [-0.2, 0) is 6.42 Å². The summed E-state index contributed by atoms with van der Waals surface area (Å²) in [7, 11) is 0. The molecule has 0 aliphatic heterocycles. The summed E-state index contributed by atoms with van der Waals surface area (Å²) in [5.41, 5.74) is 9.08. The zero-order chi connectivity index (χ0) is 17.4. The first kappa shape index (κ1) is 16.8. The molecule has 1 heteroatoms. The first-order valence-corrected chi connectivity index (χ1v) is 8.97. The third-order valence-electron chi connectivity index (χ3n) is 5.05. The molecule has 0 spiro atoms. The average molecular weight is 320 g/mol. The molecule has 0 amide bonds. The van der Waals surface area contributed by atoms with Gasteiger partial charge in [0.2, 0.25) is 0 Å². The van der Waals surface area contributed by atoms with Gasteiger partial charge >= 0.3 is 0 Å². The van der Waals surface area contributed by atoms with E-state index in [9.17, 15) is 0 Å². The highest BCUT2D eigenvalue weighted by atomic mass is 16.3. The van der Waals surface area contributed by atoms with Crippen LogP contribution in [0.5, 0.6) is 0 Å². The summed E-state index contributed by atoms with van der Waals surface area (Å²) in [5.74, 6) is 1.05. The predicted molar refractivity (Wildman–Crippen MR) is 103 cm³/mol. The van der Waals surface area contributed by atoms with Gasteiger partial charge in [0, 0.05) is 22.9 Å². The topological polar surface area (TPSA) is 13.1 Å². The van der Waals surface area contributed by atoms with Crippen molar-refractivity contribution in [3.05, 3.63) is 70.0 Å². The molecular weight excluding hydrogens is 292 g/mol. The minimum absolute atomic E-state index is 0.478. The van der Waals surface area contributed by atoms with Crippen molar-refractivity contribution in [1.29, 1.82) is 0 Å². The Morgan fingerprint density at radius 1 is 0.875 bits per heavy atom. The summed E-state index contributed by atoms with van der Waals surface area (Å²) in [5, 5.41) is 1.31. The SMILES string of the molecule is Cc1cc(C)c2c(C(C)C)coc2c1Cc1ccc(C(C)C)cc1. The monoisotopic (exact) mass is 320 g/mol. The largest absolute Gasteiger partial charge is 0.464 e. The Morgan fingerprint density at radius 3 is 2.12 bits per heavy atom. The lowest BCUT2D eigenvalue weighted by molar-refractivity contribution is 0.602. The van der Waals surface area contributed by atoms with Gasteiger partial charge in [-0.15, -0.1) is 0 Å². The van der Waals surface area contributed by atoms with Crippen molar-refractivity contribution < 1.29 is 4.42 Å². The molecule has 0 atom stereocenters. The van der Waals surface area contributed by atoms with Crippen molar-refractivity contribution in [2.75, 3.05) is 0 Å². The van der Waals surface area contributed by atoms with E-state index in [1.54, 1.807) is 0 Å². The van der Waals surface area contributed by atoms with Gasteiger partial charge in [-0.05, 0) is 47.9 Å². The minimum atomic E-state index is 0.478. The molecule has 2 aromatic carbocycles. The Labute approximate surface area is 145 Å². The quantitative estimate of drug-likeness (QED) is 0.510. The van der Waals surface area contributed by atoms with Gasteiger partial charge in [0.1, 0.15) is 5.58 Å². The van der Waals surface area contributed by atoms with Gasteiger partial charge in [-0.3, -0.25) is 0 Å². The summed E-state index contributed by atoms with van der Waals surface area (Å²) < 4.78 is 6.04. The second-order valence-electron chi connectivity index (χ2n) is 7.61. The Morgan fingerprint density at radius 2 is 1.54 bits per heavy atom. The van der Waals surface area contributed by atoms with Crippen molar-refractivity contribution in [3.63, 3.8) is 0 Å². The van der Waals surface area contributed by atoms with Crippen LogP contribution in [0.15, 0.2) is 41.0 Å². The molecule has 126 valence electrons. The van der Waals surface area contributed by atoms with E-state index in [4.69, 9.17) is 4.42 Å². The maximum atomic E-state index is 6.04. The van der Waals surface area contributed by atoms with Gasteiger partial charge < -0.3 is 4.42 Å². The van der Waals surface area contributed by atoms with Crippen LogP contribution in [0.25, 0.3) is 11.0 Å². The van der Waals surface area contributed by atoms with E-state index < -0.39 is 0 Å². The smallest absolute Gasteiger partial charge is 0.138 e. The molecular formula is C23H28O. The molecule has 0 saturated heterocycles. The second kappa shape index (κ2) is 6.47. The lowest BCUT2D eigenvalue weighted by Crippen LogP contribution is -1.96. The molecule has 1 aromatic heterocycles. The van der Waals surface area contributed by atoms with Gasteiger partial charge in [-0.1, -0.05) is 58.0 Å². The maximum absolute atomic E-state index is 6.04. The third kappa shape index (κ3) is 3.00. The van der Waals surface area contributed by atoms with E-state index >= 15 is 0 Å². The second-order valence-corrected chi connectivity index (χ2v) is 7.61. The summed E-state index contributed by atoms with van der Waals surface area (Å²) in [6.45, 7) is 13.3. The average Bonchev–Trinajstić information content (AvgIpc) is 2.97. The fourth-order valence-corrected chi connectivity index (χ4v) is 3.53. The number of hydrogen-bond acceptors (Lipinski definition) is 1. The fraction of sp³-hybridized carbons (Fsp3) is 0.391. The van der Waals surface area contributed by atoms with Crippen LogP contribution in [0.2, 0.25) is 0 Å².